The van der Waals surface area contributed by atoms with Gasteiger partial charge < -0.3 is 4.43 Å². The Labute approximate surface area is 93.9 Å². The third-order valence-electron chi connectivity index (χ3n) is 2.35. The van der Waals surface area contributed by atoms with Gasteiger partial charge in [0.05, 0.1) is 0 Å². The molecular formula is C13H20OSi. The predicted molar refractivity (Wildman–Crippen MR) is 69.9 cm³/mol. The molecule has 0 bridgehead atoms. The van der Waals surface area contributed by atoms with Crippen LogP contribution in [0.1, 0.15) is 19.4 Å². The molecule has 1 rings (SSSR count). The van der Waals surface area contributed by atoms with E-state index >= 15 is 0 Å². The second kappa shape index (κ2) is 4.77. The number of benzene rings is 1. The van der Waals surface area contributed by atoms with Crippen LogP contribution >= 0.6 is 0 Å². The van der Waals surface area contributed by atoms with Crippen LogP contribution in [0.4, 0.5) is 0 Å². The fourth-order valence-corrected chi connectivity index (χ4v) is 4.02. The Bertz CT molecular complexity index is 342. The van der Waals surface area contributed by atoms with Crippen LogP contribution in [0.15, 0.2) is 30.8 Å². The lowest BCUT2D eigenvalue weighted by Crippen LogP contribution is -2.46. The van der Waals surface area contributed by atoms with Gasteiger partial charge in [0, 0.05) is 6.10 Å². The molecular weight excluding hydrogens is 200 g/mol. The van der Waals surface area contributed by atoms with E-state index in [9.17, 15) is 0 Å². The van der Waals surface area contributed by atoms with E-state index in [1.807, 2.05) is 6.08 Å². The summed E-state index contributed by atoms with van der Waals surface area (Å²) in [5.41, 5.74) is 1.17. The zero-order valence-corrected chi connectivity index (χ0v) is 11.1. The summed E-state index contributed by atoms with van der Waals surface area (Å²) >= 11 is 0. The van der Waals surface area contributed by atoms with Gasteiger partial charge in [-0.2, -0.15) is 0 Å². The van der Waals surface area contributed by atoms with Crippen LogP contribution in [-0.2, 0) is 4.43 Å². The van der Waals surface area contributed by atoms with Crippen molar-refractivity contribution >= 4 is 19.6 Å². The van der Waals surface area contributed by atoms with Gasteiger partial charge in [-0.3, -0.25) is 0 Å². The van der Waals surface area contributed by atoms with Gasteiger partial charge in [0.25, 0.3) is 0 Å². The summed E-state index contributed by atoms with van der Waals surface area (Å²) in [7, 11) is -1.74. The normalized spacial score (nSPS) is 11.8. The molecule has 0 atom stereocenters. The van der Waals surface area contributed by atoms with Gasteiger partial charge in [0.2, 0.25) is 8.32 Å². The topological polar surface area (TPSA) is 9.23 Å². The van der Waals surface area contributed by atoms with Crippen molar-refractivity contribution < 1.29 is 4.43 Å². The van der Waals surface area contributed by atoms with E-state index in [2.05, 4.69) is 57.8 Å². The molecule has 1 nitrogen and oxygen atoms in total. The highest BCUT2D eigenvalue weighted by atomic mass is 28.4. The van der Waals surface area contributed by atoms with E-state index in [1.165, 1.54) is 10.8 Å². The van der Waals surface area contributed by atoms with Crippen LogP contribution in [0.2, 0.25) is 13.1 Å². The van der Waals surface area contributed by atoms with Crippen LogP contribution in [-0.4, -0.2) is 14.4 Å². The molecule has 2 heteroatoms. The second-order valence-electron chi connectivity index (χ2n) is 4.51. The van der Waals surface area contributed by atoms with E-state index in [1.54, 1.807) is 0 Å². The fourth-order valence-electron chi connectivity index (χ4n) is 1.70. The fraction of sp³-hybridized carbons (Fsp3) is 0.385. The van der Waals surface area contributed by atoms with Gasteiger partial charge in [0.15, 0.2) is 0 Å². The van der Waals surface area contributed by atoms with Crippen molar-refractivity contribution in [2.45, 2.75) is 33.0 Å². The van der Waals surface area contributed by atoms with E-state index < -0.39 is 8.32 Å². The third kappa shape index (κ3) is 3.32. The third-order valence-corrected chi connectivity index (χ3v) is 5.11. The lowest BCUT2D eigenvalue weighted by Gasteiger charge is -2.26. The lowest BCUT2D eigenvalue weighted by molar-refractivity contribution is 0.238. The first-order chi connectivity index (χ1) is 6.95. The van der Waals surface area contributed by atoms with Crippen LogP contribution in [0.25, 0.3) is 6.08 Å². The molecule has 0 N–H and O–H groups in total. The molecule has 0 fully saturated rings. The molecule has 0 aliphatic heterocycles. The first-order valence-corrected chi connectivity index (χ1v) is 8.27. The Morgan fingerprint density at radius 1 is 1.33 bits per heavy atom. The SMILES string of the molecule is C=Cc1cccc([Si](C)(C)OC(C)C)c1. The maximum atomic E-state index is 6.03. The summed E-state index contributed by atoms with van der Waals surface area (Å²) in [6.45, 7) is 12.4. The van der Waals surface area contributed by atoms with Crippen molar-refractivity contribution in [2.24, 2.45) is 0 Å². The summed E-state index contributed by atoms with van der Waals surface area (Å²) in [5, 5.41) is 1.33. The van der Waals surface area contributed by atoms with Crippen molar-refractivity contribution in [1.82, 2.24) is 0 Å². The van der Waals surface area contributed by atoms with E-state index in [-0.39, 0.29) is 0 Å². The molecule has 0 spiro atoms. The molecule has 0 aliphatic carbocycles. The van der Waals surface area contributed by atoms with Crippen LogP contribution in [0.5, 0.6) is 0 Å². The average Bonchev–Trinajstić information content (AvgIpc) is 2.16. The van der Waals surface area contributed by atoms with Gasteiger partial charge >= 0.3 is 0 Å². The van der Waals surface area contributed by atoms with E-state index in [0.29, 0.717) is 6.10 Å². The van der Waals surface area contributed by atoms with Gasteiger partial charge in [-0.25, -0.2) is 0 Å². The van der Waals surface area contributed by atoms with Crippen LogP contribution in [0, 0.1) is 0 Å². The summed E-state index contributed by atoms with van der Waals surface area (Å²) in [5.74, 6) is 0. The summed E-state index contributed by atoms with van der Waals surface area (Å²) in [6.07, 6.45) is 2.17. The molecule has 82 valence electrons. The molecule has 0 unspecified atom stereocenters. The lowest BCUT2D eigenvalue weighted by atomic mass is 10.2. The van der Waals surface area contributed by atoms with Crippen molar-refractivity contribution in [3.05, 3.63) is 36.4 Å². The Morgan fingerprint density at radius 3 is 2.53 bits per heavy atom. The second-order valence-corrected chi connectivity index (χ2v) is 8.34. The minimum Gasteiger partial charge on any atom is -0.411 e. The van der Waals surface area contributed by atoms with E-state index in [0.717, 1.165) is 0 Å². The monoisotopic (exact) mass is 220 g/mol. The smallest absolute Gasteiger partial charge is 0.218 e. The molecule has 1 aromatic rings. The molecule has 0 aliphatic rings. The highest BCUT2D eigenvalue weighted by molar-refractivity contribution is 6.84. The van der Waals surface area contributed by atoms with Crippen molar-refractivity contribution in [2.75, 3.05) is 0 Å². The minimum absolute atomic E-state index is 0.291. The molecule has 0 saturated heterocycles. The van der Waals surface area contributed by atoms with Crippen molar-refractivity contribution in [3.8, 4) is 0 Å². The standard InChI is InChI=1S/C13H20OSi/c1-6-12-8-7-9-13(10-12)15(4,5)14-11(2)3/h6-11H,1H2,2-5H3. The maximum Gasteiger partial charge on any atom is 0.218 e. The maximum absolute atomic E-state index is 6.03. The van der Waals surface area contributed by atoms with Crippen molar-refractivity contribution in [1.29, 1.82) is 0 Å². The first kappa shape index (κ1) is 12.2. The van der Waals surface area contributed by atoms with E-state index in [4.69, 9.17) is 4.43 Å². The molecule has 0 amide bonds. The molecule has 15 heavy (non-hydrogen) atoms. The predicted octanol–water partition coefficient (Wildman–Crippen LogP) is 3.17. The van der Waals surface area contributed by atoms with Crippen LogP contribution < -0.4 is 5.19 Å². The quantitative estimate of drug-likeness (QED) is 0.708. The van der Waals surface area contributed by atoms with Gasteiger partial charge in [0.1, 0.15) is 0 Å². The van der Waals surface area contributed by atoms with Gasteiger partial charge in [-0.15, -0.1) is 0 Å². The molecule has 1 aromatic carbocycles. The first-order valence-electron chi connectivity index (χ1n) is 5.36. The van der Waals surface area contributed by atoms with Crippen LogP contribution in [0.3, 0.4) is 0 Å². The zero-order chi connectivity index (χ0) is 11.5. The van der Waals surface area contributed by atoms with Crippen molar-refractivity contribution in [3.63, 3.8) is 0 Å². The number of rotatable bonds is 4. The summed E-state index contributed by atoms with van der Waals surface area (Å²) in [4.78, 5) is 0. The highest BCUT2D eigenvalue weighted by Crippen LogP contribution is 2.10. The molecule has 0 radical (unpaired) electrons. The number of hydrogen-bond donors (Lipinski definition) is 0. The molecule has 0 aromatic heterocycles. The molecule has 0 saturated carbocycles. The summed E-state index contributed by atoms with van der Waals surface area (Å²) < 4.78 is 6.03. The summed E-state index contributed by atoms with van der Waals surface area (Å²) in [6, 6.07) is 8.48. The Balaban J connectivity index is 2.98. The largest absolute Gasteiger partial charge is 0.411 e. The Morgan fingerprint density at radius 2 is 2.00 bits per heavy atom. The van der Waals surface area contributed by atoms with Gasteiger partial charge in [-0.1, -0.05) is 36.9 Å². The molecule has 0 heterocycles. The van der Waals surface area contributed by atoms with Gasteiger partial charge in [-0.05, 0) is 37.7 Å². The average molecular weight is 220 g/mol. The Hall–Kier alpha value is -0.863. The minimum atomic E-state index is -1.74. The zero-order valence-electron chi connectivity index (χ0n) is 10.1. The number of hydrogen-bond acceptors (Lipinski definition) is 1. The highest BCUT2D eigenvalue weighted by Gasteiger charge is 2.26. The Kier molecular flexibility index (Phi) is 3.88.